The Bertz CT molecular complexity index is 800. The van der Waals surface area contributed by atoms with Gasteiger partial charge in [-0.2, -0.15) is 0 Å². The first-order valence-corrected chi connectivity index (χ1v) is 8.99. The minimum absolute atomic E-state index is 0.197. The van der Waals surface area contributed by atoms with Crippen LogP contribution in [0.5, 0.6) is 11.5 Å². The molecule has 1 aliphatic heterocycles. The van der Waals surface area contributed by atoms with E-state index in [0.29, 0.717) is 11.5 Å². The molecule has 1 atom stereocenters. The van der Waals surface area contributed by atoms with Crippen LogP contribution in [-0.2, 0) is 16.4 Å². The van der Waals surface area contributed by atoms with Crippen molar-refractivity contribution in [3.05, 3.63) is 53.6 Å². The number of hydrogen-bond donors (Lipinski definition) is 1. The Labute approximate surface area is 136 Å². The third kappa shape index (κ3) is 3.33. The van der Waals surface area contributed by atoms with E-state index in [1.807, 2.05) is 25.1 Å². The SMILES string of the molecule is CCc1ccc(S(=O)(=O)NC(C)c2ccc3c(c2)OCO3)cc1. The highest BCUT2D eigenvalue weighted by Crippen LogP contribution is 2.34. The lowest BCUT2D eigenvalue weighted by atomic mass is 10.1. The Morgan fingerprint density at radius 2 is 1.78 bits per heavy atom. The number of hydrogen-bond acceptors (Lipinski definition) is 4. The number of sulfonamides is 1. The number of aryl methyl sites for hydroxylation is 1. The molecule has 23 heavy (non-hydrogen) atoms. The Balaban J connectivity index is 1.79. The number of ether oxygens (including phenoxy) is 2. The lowest BCUT2D eigenvalue weighted by Crippen LogP contribution is -2.26. The lowest BCUT2D eigenvalue weighted by Gasteiger charge is -2.15. The molecule has 2 aromatic rings. The number of fused-ring (bicyclic) bond motifs is 1. The molecular weight excluding hydrogens is 314 g/mol. The molecule has 122 valence electrons. The van der Waals surface area contributed by atoms with Crippen molar-refractivity contribution in [2.24, 2.45) is 0 Å². The summed E-state index contributed by atoms with van der Waals surface area (Å²) >= 11 is 0. The predicted molar refractivity (Wildman–Crippen MR) is 87.1 cm³/mol. The van der Waals surface area contributed by atoms with Gasteiger partial charge in [0.15, 0.2) is 11.5 Å². The van der Waals surface area contributed by atoms with Gasteiger partial charge >= 0.3 is 0 Å². The van der Waals surface area contributed by atoms with E-state index in [1.165, 1.54) is 0 Å². The van der Waals surface area contributed by atoms with Crippen molar-refractivity contribution >= 4 is 10.0 Å². The minimum Gasteiger partial charge on any atom is -0.454 e. The first kappa shape index (κ1) is 15.8. The highest BCUT2D eigenvalue weighted by molar-refractivity contribution is 7.89. The number of benzene rings is 2. The molecule has 0 radical (unpaired) electrons. The number of nitrogens with one attached hydrogen (secondary N) is 1. The standard InChI is InChI=1S/C17H19NO4S/c1-3-13-4-7-15(8-5-13)23(19,20)18-12(2)14-6-9-16-17(10-14)22-11-21-16/h4-10,12,18H,3,11H2,1-2H3. The largest absolute Gasteiger partial charge is 0.454 e. The molecule has 0 saturated carbocycles. The van der Waals surface area contributed by atoms with Crippen LogP contribution in [0.15, 0.2) is 47.4 Å². The zero-order chi connectivity index (χ0) is 16.4. The Morgan fingerprint density at radius 3 is 2.48 bits per heavy atom. The van der Waals surface area contributed by atoms with E-state index in [-0.39, 0.29) is 17.7 Å². The monoisotopic (exact) mass is 333 g/mol. The highest BCUT2D eigenvalue weighted by atomic mass is 32.2. The third-order valence-electron chi connectivity index (χ3n) is 3.87. The van der Waals surface area contributed by atoms with Crippen molar-refractivity contribution in [3.63, 3.8) is 0 Å². The minimum atomic E-state index is -3.57. The van der Waals surface area contributed by atoms with Crippen LogP contribution in [0.4, 0.5) is 0 Å². The summed E-state index contributed by atoms with van der Waals surface area (Å²) in [6, 6.07) is 12.0. The number of rotatable bonds is 5. The maximum Gasteiger partial charge on any atom is 0.241 e. The molecule has 1 unspecified atom stereocenters. The van der Waals surface area contributed by atoms with Gasteiger partial charge in [-0.3, -0.25) is 0 Å². The molecule has 0 saturated heterocycles. The summed E-state index contributed by atoms with van der Waals surface area (Å²) in [5, 5.41) is 0. The summed E-state index contributed by atoms with van der Waals surface area (Å²) in [7, 11) is -3.57. The Hall–Kier alpha value is -2.05. The maximum absolute atomic E-state index is 12.5. The molecule has 2 aromatic carbocycles. The fraction of sp³-hybridized carbons (Fsp3) is 0.294. The molecule has 0 fully saturated rings. The van der Waals surface area contributed by atoms with E-state index in [2.05, 4.69) is 4.72 Å². The van der Waals surface area contributed by atoms with Crippen molar-refractivity contribution in [1.29, 1.82) is 0 Å². The van der Waals surface area contributed by atoms with E-state index >= 15 is 0 Å². The Morgan fingerprint density at radius 1 is 1.09 bits per heavy atom. The molecule has 1 N–H and O–H groups in total. The fourth-order valence-corrected chi connectivity index (χ4v) is 3.69. The molecule has 0 aliphatic carbocycles. The molecule has 3 rings (SSSR count). The molecule has 1 heterocycles. The molecular formula is C17H19NO4S. The predicted octanol–water partition coefficient (Wildman–Crippen LogP) is 3.02. The molecule has 0 spiro atoms. The lowest BCUT2D eigenvalue weighted by molar-refractivity contribution is 0.174. The summed E-state index contributed by atoms with van der Waals surface area (Å²) in [6.45, 7) is 4.03. The average molecular weight is 333 g/mol. The second-order valence-corrected chi connectivity index (χ2v) is 7.17. The molecule has 1 aliphatic rings. The van der Waals surface area contributed by atoms with Gasteiger partial charge in [-0.05, 0) is 48.7 Å². The van der Waals surface area contributed by atoms with Gasteiger partial charge in [0, 0.05) is 6.04 Å². The van der Waals surface area contributed by atoms with Gasteiger partial charge in [0.2, 0.25) is 16.8 Å². The quantitative estimate of drug-likeness (QED) is 0.913. The van der Waals surface area contributed by atoms with Crippen LogP contribution >= 0.6 is 0 Å². The second kappa shape index (κ2) is 6.22. The molecule has 0 amide bonds. The Kier molecular flexibility index (Phi) is 4.28. The molecule has 6 heteroatoms. The normalized spacial score (nSPS) is 14.7. The van der Waals surface area contributed by atoms with Gasteiger partial charge in [-0.25, -0.2) is 13.1 Å². The van der Waals surface area contributed by atoms with Crippen LogP contribution in [0.25, 0.3) is 0 Å². The van der Waals surface area contributed by atoms with E-state index in [4.69, 9.17) is 9.47 Å². The first-order valence-electron chi connectivity index (χ1n) is 7.50. The second-order valence-electron chi connectivity index (χ2n) is 5.45. The fourth-order valence-electron chi connectivity index (χ4n) is 2.46. The molecule has 0 aromatic heterocycles. The van der Waals surface area contributed by atoms with Crippen molar-refractivity contribution < 1.29 is 17.9 Å². The topological polar surface area (TPSA) is 64.6 Å². The van der Waals surface area contributed by atoms with Gasteiger partial charge in [0.1, 0.15) is 0 Å². The summed E-state index contributed by atoms with van der Waals surface area (Å²) in [5.41, 5.74) is 1.93. The van der Waals surface area contributed by atoms with Gasteiger partial charge in [-0.15, -0.1) is 0 Å². The molecule has 5 nitrogen and oxygen atoms in total. The average Bonchev–Trinajstić information content (AvgIpc) is 3.02. The van der Waals surface area contributed by atoms with Gasteiger partial charge < -0.3 is 9.47 Å². The summed E-state index contributed by atoms with van der Waals surface area (Å²) in [6.07, 6.45) is 0.876. The van der Waals surface area contributed by atoms with Crippen LogP contribution in [0, 0.1) is 0 Å². The van der Waals surface area contributed by atoms with Gasteiger partial charge in [0.25, 0.3) is 0 Å². The summed E-state index contributed by atoms with van der Waals surface area (Å²) in [5.74, 6) is 1.32. The first-order chi connectivity index (χ1) is 11.0. The van der Waals surface area contributed by atoms with E-state index in [1.54, 1.807) is 31.2 Å². The van der Waals surface area contributed by atoms with Crippen molar-refractivity contribution in [2.45, 2.75) is 31.2 Å². The van der Waals surface area contributed by atoms with Crippen molar-refractivity contribution in [3.8, 4) is 11.5 Å². The van der Waals surface area contributed by atoms with Crippen LogP contribution in [0.3, 0.4) is 0 Å². The van der Waals surface area contributed by atoms with E-state index < -0.39 is 10.0 Å². The van der Waals surface area contributed by atoms with Crippen molar-refractivity contribution in [1.82, 2.24) is 4.72 Å². The maximum atomic E-state index is 12.5. The van der Waals surface area contributed by atoms with E-state index in [0.717, 1.165) is 17.5 Å². The van der Waals surface area contributed by atoms with Crippen LogP contribution < -0.4 is 14.2 Å². The third-order valence-corrected chi connectivity index (χ3v) is 5.43. The smallest absolute Gasteiger partial charge is 0.241 e. The van der Waals surface area contributed by atoms with E-state index in [9.17, 15) is 8.42 Å². The van der Waals surface area contributed by atoms with Crippen LogP contribution in [0.2, 0.25) is 0 Å². The highest BCUT2D eigenvalue weighted by Gasteiger charge is 2.20. The molecule has 0 bridgehead atoms. The van der Waals surface area contributed by atoms with Crippen LogP contribution in [-0.4, -0.2) is 15.2 Å². The summed E-state index contributed by atoms with van der Waals surface area (Å²) < 4.78 is 38.3. The zero-order valence-electron chi connectivity index (χ0n) is 13.1. The van der Waals surface area contributed by atoms with Gasteiger partial charge in [-0.1, -0.05) is 25.1 Å². The van der Waals surface area contributed by atoms with Crippen LogP contribution in [0.1, 0.15) is 31.0 Å². The van der Waals surface area contributed by atoms with Gasteiger partial charge in [0.05, 0.1) is 4.90 Å². The van der Waals surface area contributed by atoms with Crippen molar-refractivity contribution in [2.75, 3.05) is 6.79 Å². The zero-order valence-corrected chi connectivity index (χ0v) is 13.9. The summed E-state index contributed by atoms with van der Waals surface area (Å²) in [4.78, 5) is 0.266.